The van der Waals surface area contributed by atoms with Crippen LogP contribution in [0.15, 0.2) is 6.20 Å². The average molecular weight is 277 g/mol. The van der Waals surface area contributed by atoms with Crippen LogP contribution < -0.4 is 0 Å². The van der Waals surface area contributed by atoms with Gasteiger partial charge in [-0.3, -0.25) is 4.98 Å². The van der Waals surface area contributed by atoms with Crippen molar-refractivity contribution in [3.8, 4) is 6.07 Å². The van der Waals surface area contributed by atoms with Gasteiger partial charge in [0.1, 0.15) is 6.07 Å². The normalized spacial score (nSPS) is 10.4. The highest BCUT2D eigenvalue weighted by atomic mass is 79.9. The third-order valence-corrected chi connectivity index (χ3v) is 2.49. The van der Waals surface area contributed by atoms with Crippen LogP contribution in [0.4, 0.5) is 8.78 Å². The van der Waals surface area contributed by atoms with Crippen molar-refractivity contribution in [2.75, 3.05) is 0 Å². The summed E-state index contributed by atoms with van der Waals surface area (Å²) >= 11 is 3.08. The van der Waals surface area contributed by atoms with Crippen LogP contribution in [0, 0.1) is 11.3 Å². The minimum atomic E-state index is -2.74. The Morgan fingerprint density at radius 2 is 2.27 bits per heavy atom. The number of halogens is 3. The second-order valence-electron chi connectivity index (χ2n) is 2.72. The number of rotatable bonds is 3. The molecule has 0 radical (unpaired) electrons. The van der Waals surface area contributed by atoms with E-state index in [-0.39, 0.29) is 23.2 Å². The fourth-order valence-corrected chi connectivity index (χ4v) is 1.79. The van der Waals surface area contributed by atoms with Crippen molar-refractivity contribution < 1.29 is 13.9 Å². The van der Waals surface area contributed by atoms with Crippen LogP contribution >= 0.6 is 15.9 Å². The van der Waals surface area contributed by atoms with E-state index < -0.39 is 12.0 Å². The molecule has 0 saturated carbocycles. The average Bonchev–Trinajstić information content (AvgIpc) is 2.26. The Morgan fingerprint density at radius 1 is 1.60 bits per heavy atom. The van der Waals surface area contributed by atoms with Crippen LogP contribution in [0.2, 0.25) is 0 Å². The summed E-state index contributed by atoms with van der Waals surface area (Å²) in [5.41, 5.74) is 0.0516. The van der Waals surface area contributed by atoms with Gasteiger partial charge in [0.2, 0.25) is 0 Å². The van der Waals surface area contributed by atoms with Crippen LogP contribution in [-0.2, 0) is 11.9 Å². The quantitative estimate of drug-likeness (QED) is 0.862. The molecule has 0 spiro atoms. The van der Waals surface area contributed by atoms with E-state index in [0.717, 1.165) is 6.20 Å². The molecule has 1 heterocycles. The van der Waals surface area contributed by atoms with Crippen molar-refractivity contribution >= 4 is 15.9 Å². The number of pyridine rings is 1. The summed E-state index contributed by atoms with van der Waals surface area (Å²) in [6.45, 7) is -0.376. The van der Waals surface area contributed by atoms with E-state index in [9.17, 15) is 8.78 Å². The zero-order valence-corrected chi connectivity index (χ0v) is 9.13. The zero-order valence-electron chi connectivity index (χ0n) is 7.54. The van der Waals surface area contributed by atoms with Crippen LogP contribution in [0.5, 0.6) is 0 Å². The number of alkyl halides is 3. The maximum Gasteiger partial charge on any atom is 0.266 e. The Balaban J connectivity index is 3.43. The third kappa shape index (κ3) is 2.30. The molecule has 0 aliphatic rings. The summed E-state index contributed by atoms with van der Waals surface area (Å²) in [4.78, 5) is 3.69. The number of nitriles is 1. The molecule has 6 heteroatoms. The molecule has 15 heavy (non-hydrogen) atoms. The minimum absolute atomic E-state index is 0.110. The fraction of sp³-hybridized carbons (Fsp3) is 0.333. The first-order valence-corrected chi connectivity index (χ1v) is 5.13. The van der Waals surface area contributed by atoms with E-state index in [2.05, 4.69) is 20.9 Å². The zero-order chi connectivity index (χ0) is 11.4. The number of aliphatic hydroxyl groups excluding tert-OH is 1. The Morgan fingerprint density at radius 3 is 2.67 bits per heavy atom. The summed E-state index contributed by atoms with van der Waals surface area (Å²) in [6, 6.07) is 1.71. The van der Waals surface area contributed by atoms with Gasteiger partial charge in [0.25, 0.3) is 6.43 Å². The Bertz CT molecular complexity index is 404. The van der Waals surface area contributed by atoms with Gasteiger partial charge < -0.3 is 5.11 Å². The van der Waals surface area contributed by atoms with Crippen LogP contribution in [0.3, 0.4) is 0 Å². The van der Waals surface area contributed by atoms with E-state index >= 15 is 0 Å². The Kier molecular flexibility index (Phi) is 4.12. The topological polar surface area (TPSA) is 56.9 Å². The number of nitrogens with zero attached hydrogens (tertiary/aromatic N) is 2. The lowest BCUT2D eigenvalue weighted by molar-refractivity contribution is 0.150. The van der Waals surface area contributed by atoms with E-state index in [1.165, 1.54) is 0 Å². The van der Waals surface area contributed by atoms with Crippen molar-refractivity contribution in [3.05, 3.63) is 28.6 Å². The molecule has 0 atom stereocenters. The molecule has 1 N–H and O–H groups in total. The van der Waals surface area contributed by atoms with Gasteiger partial charge in [0, 0.05) is 17.1 Å². The van der Waals surface area contributed by atoms with Gasteiger partial charge in [0.05, 0.1) is 23.4 Å². The van der Waals surface area contributed by atoms with Crippen molar-refractivity contribution in [1.82, 2.24) is 4.98 Å². The molecule has 0 unspecified atom stereocenters. The lowest BCUT2D eigenvalue weighted by Gasteiger charge is -2.09. The second-order valence-corrected chi connectivity index (χ2v) is 3.28. The summed E-state index contributed by atoms with van der Waals surface area (Å²) in [7, 11) is 0. The second kappa shape index (κ2) is 5.14. The molecule has 0 bridgehead atoms. The van der Waals surface area contributed by atoms with Gasteiger partial charge in [-0.1, -0.05) is 15.9 Å². The predicted octanol–water partition coefficient (Wildman–Crippen LogP) is 2.28. The molecule has 3 nitrogen and oxygen atoms in total. The van der Waals surface area contributed by atoms with E-state index in [1.54, 1.807) is 6.07 Å². The highest BCUT2D eigenvalue weighted by Crippen LogP contribution is 2.27. The minimum Gasteiger partial charge on any atom is -0.390 e. The molecule has 1 aromatic heterocycles. The van der Waals surface area contributed by atoms with Gasteiger partial charge in [-0.05, 0) is 0 Å². The van der Waals surface area contributed by atoms with Gasteiger partial charge in [-0.25, -0.2) is 8.78 Å². The van der Waals surface area contributed by atoms with Crippen molar-refractivity contribution in [1.29, 1.82) is 5.26 Å². The summed E-state index contributed by atoms with van der Waals surface area (Å²) in [5, 5.41) is 17.9. The monoisotopic (exact) mass is 276 g/mol. The van der Waals surface area contributed by atoms with Crippen molar-refractivity contribution in [2.24, 2.45) is 0 Å². The predicted molar refractivity (Wildman–Crippen MR) is 52.5 cm³/mol. The Hall–Kier alpha value is -1.06. The third-order valence-electron chi connectivity index (χ3n) is 1.93. The standard InChI is InChI=1S/C9H7BrF2N2O/c10-1-5-6(2-13)7(9(11)12)3-14-8(5)4-15/h3,9,15H,1,4H2. The van der Waals surface area contributed by atoms with Gasteiger partial charge in [-0.15, -0.1) is 0 Å². The summed E-state index contributed by atoms with van der Waals surface area (Å²) in [5.74, 6) is 0. The number of hydrogen-bond donors (Lipinski definition) is 1. The maximum absolute atomic E-state index is 12.5. The molecule has 0 fully saturated rings. The first-order valence-electron chi connectivity index (χ1n) is 4.01. The fourth-order valence-electron chi connectivity index (χ4n) is 1.19. The van der Waals surface area contributed by atoms with Crippen LogP contribution in [-0.4, -0.2) is 10.1 Å². The van der Waals surface area contributed by atoms with Gasteiger partial charge in [0.15, 0.2) is 0 Å². The van der Waals surface area contributed by atoms with Gasteiger partial charge >= 0.3 is 0 Å². The van der Waals surface area contributed by atoms with E-state index in [1.807, 2.05) is 0 Å². The lowest BCUT2D eigenvalue weighted by atomic mass is 10.0. The molecule has 0 aliphatic heterocycles. The van der Waals surface area contributed by atoms with Crippen LogP contribution in [0.25, 0.3) is 0 Å². The molecule has 80 valence electrons. The molecule has 1 aromatic rings. The van der Waals surface area contributed by atoms with E-state index in [4.69, 9.17) is 10.4 Å². The van der Waals surface area contributed by atoms with Crippen molar-refractivity contribution in [2.45, 2.75) is 18.4 Å². The van der Waals surface area contributed by atoms with Gasteiger partial charge in [-0.2, -0.15) is 5.26 Å². The smallest absolute Gasteiger partial charge is 0.266 e. The highest BCUT2D eigenvalue weighted by Gasteiger charge is 2.19. The summed E-state index contributed by atoms with van der Waals surface area (Å²) in [6.07, 6.45) is -1.81. The maximum atomic E-state index is 12.5. The molecule has 0 amide bonds. The molecule has 0 aromatic carbocycles. The number of aromatic nitrogens is 1. The summed E-state index contributed by atoms with van der Waals surface area (Å²) < 4.78 is 25.0. The van der Waals surface area contributed by atoms with Crippen LogP contribution in [0.1, 0.15) is 28.8 Å². The highest BCUT2D eigenvalue weighted by molar-refractivity contribution is 9.08. The first-order chi connectivity index (χ1) is 7.15. The SMILES string of the molecule is N#Cc1c(C(F)F)cnc(CO)c1CBr. The first kappa shape index (κ1) is 12.0. The largest absolute Gasteiger partial charge is 0.390 e. The molecule has 0 saturated heterocycles. The number of hydrogen-bond acceptors (Lipinski definition) is 3. The van der Waals surface area contributed by atoms with Crippen molar-refractivity contribution in [3.63, 3.8) is 0 Å². The lowest BCUT2D eigenvalue weighted by Crippen LogP contribution is -2.04. The Labute approximate surface area is 93.5 Å². The molecular weight excluding hydrogens is 270 g/mol. The molecular formula is C9H7BrF2N2O. The van der Waals surface area contributed by atoms with E-state index in [0.29, 0.717) is 5.56 Å². The molecule has 1 rings (SSSR count). The molecule has 0 aliphatic carbocycles. The number of aliphatic hydroxyl groups is 1.